The van der Waals surface area contributed by atoms with Gasteiger partial charge >= 0.3 is 17.9 Å². The highest BCUT2D eigenvalue weighted by Gasteiger charge is 2.53. The van der Waals surface area contributed by atoms with Gasteiger partial charge in [0.05, 0.1) is 36.9 Å². The molecular weight excluding hydrogens is 758 g/mol. The Morgan fingerprint density at radius 2 is 1.71 bits per heavy atom. The molecule has 332 valence electrons. The molecule has 0 saturated carbocycles. The van der Waals surface area contributed by atoms with Gasteiger partial charge in [-0.1, -0.05) is 45.1 Å². The van der Waals surface area contributed by atoms with Crippen molar-refractivity contribution in [2.24, 2.45) is 17.8 Å². The Morgan fingerprint density at radius 1 is 1.02 bits per heavy atom. The lowest BCUT2D eigenvalue weighted by Gasteiger charge is -2.50. The number of esters is 3. The van der Waals surface area contributed by atoms with Crippen molar-refractivity contribution in [2.45, 2.75) is 179 Å². The molecule has 2 saturated heterocycles. The number of likely N-dealkylation sites (N-methyl/N-ethyl adjacent to an activating group) is 1. The third-order valence-corrected chi connectivity index (χ3v) is 11.0. The number of rotatable bonds is 12. The molecule has 0 aliphatic carbocycles. The summed E-state index contributed by atoms with van der Waals surface area (Å²) >= 11 is 0. The SMILES string of the molecule is CO[C@@H]1[C@@H](O[C@@H]2O[C@H](C)[C@@H](O[C@H]3C[C@@](C)(OC(=O)CC(C)C)[C@@H](O)[C@H](C)O3)[C@H](N(C)C)[C@H]2O)[C@@H](CC=O)C[C@@H](C)[C@@H](O)/C=C/C=C\C[C@@H](C)OC(=O)C[C@H]1OC(C)=O. The molecule has 0 aromatic rings. The number of nitrogens with zero attached hydrogens (tertiary/aromatic N) is 1. The van der Waals surface area contributed by atoms with Crippen molar-refractivity contribution in [3.8, 4) is 0 Å². The van der Waals surface area contributed by atoms with E-state index in [2.05, 4.69) is 0 Å². The van der Waals surface area contributed by atoms with Crippen LogP contribution in [-0.4, -0.2) is 151 Å². The van der Waals surface area contributed by atoms with E-state index in [0.29, 0.717) is 12.7 Å². The second-order valence-corrected chi connectivity index (χ2v) is 16.9. The fraction of sp³-hybridized carbons (Fsp3) is 0.810. The Labute approximate surface area is 343 Å². The summed E-state index contributed by atoms with van der Waals surface area (Å²) in [6.45, 7) is 13.6. The van der Waals surface area contributed by atoms with Crippen LogP contribution in [0.15, 0.2) is 24.3 Å². The minimum absolute atomic E-state index is 0.000956. The fourth-order valence-corrected chi connectivity index (χ4v) is 8.06. The Morgan fingerprint density at radius 3 is 2.31 bits per heavy atom. The summed E-state index contributed by atoms with van der Waals surface area (Å²) in [5.74, 6) is -2.86. The molecule has 2 fully saturated rings. The number of methoxy groups -OCH3 is 1. The third-order valence-electron chi connectivity index (χ3n) is 11.0. The van der Waals surface area contributed by atoms with E-state index < -0.39 is 121 Å². The zero-order valence-corrected chi connectivity index (χ0v) is 36.1. The van der Waals surface area contributed by atoms with Crippen molar-refractivity contribution >= 4 is 24.2 Å². The van der Waals surface area contributed by atoms with E-state index in [1.807, 2.05) is 20.8 Å². The lowest BCUT2D eigenvalue weighted by molar-refractivity contribution is -0.344. The maximum Gasteiger partial charge on any atom is 0.309 e. The smallest absolute Gasteiger partial charge is 0.309 e. The summed E-state index contributed by atoms with van der Waals surface area (Å²) in [6, 6.07) is -0.786. The van der Waals surface area contributed by atoms with E-state index in [9.17, 15) is 34.5 Å². The van der Waals surface area contributed by atoms with Crippen LogP contribution in [0.2, 0.25) is 0 Å². The average molecular weight is 828 g/mol. The standard InChI is InChI=1S/C42H69NO15/c1-23(2)19-33(48)58-42(8)22-34(53-27(6)40(42)50)56-37-26(5)54-41(36(49)35(37)43(9)10)57-38-29(17-18-44)20-24(3)30(46)16-14-12-13-15-25(4)52-32(47)21-31(39(38)51-11)55-28(7)45/h12-14,16,18,23-27,29-31,34-41,46,49-50H,15,17,19-22H2,1-11H3/b13-12-,16-14+/t24-,25-,26-,27+,29+,30+,31-,34+,35-,36-,37-,38+,39+,40+,41+,42-/m1/s1. The van der Waals surface area contributed by atoms with Gasteiger partial charge in [-0.15, -0.1) is 0 Å². The highest BCUT2D eigenvalue weighted by atomic mass is 16.7. The third kappa shape index (κ3) is 13.9. The molecule has 58 heavy (non-hydrogen) atoms. The minimum atomic E-state index is -1.40. The first kappa shape index (κ1) is 49.6. The first-order chi connectivity index (χ1) is 27.2. The van der Waals surface area contributed by atoms with Gasteiger partial charge in [0.25, 0.3) is 0 Å². The van der Waals surface area contributed by atoms with Gasteiger partial charge in [0.1, 0.15) is 48.5 Å². The molecule has 0 aromatic carbocycles. The number of cyclic esters (lactones) is 1. The quantitative estimate of drug-likeness (QED) is 0.147. The molecule has 0 radical (unpaired) electrons. The van der Waals surface area contributed by atoms with Crippen LogP contribution in [-0.2, 0) is 57.1 Å². The van der Waals surface area contributed by atoms with Gasteiger partial charge < -0.3 is 62.9 Å². The molecule has 0 amide bonds. The summed E-state index contributed by atoms with van der Waals surface area (Å²) < 4.78 is 48.7. The van der Waals surface area contributed by atoms with Crippen LogP contribution in [0.25, 0.3) is 0 Å². The Balaban J connectivity index is 2.01. The van der Waals surface area contributed by atoms with Crippen molar-refractivity contribution in [3.63, 3.8) is 0 Å². The summed E-state index contributed by atoms with van der Waals surface area (Å²) in [6.07, 6.45) is -4.33. The predicted molar refractivity (Wildman–Crippen MR) is 210 cm³/mol. The lowest BCUT2D eigenvalue weighted by Crippen LogP contribution is -2.66. The highest BCUT2D eigenvalue weighted by Crippen LogP contribution is 2.38. The summed E-state index contributed by atoms with van der Waals surface area (Å²) in [5.41, 5.74) is -1.32. The van der Waals surface area contributed by atoms with E-state index in [4.69, 9.17) is 37.9 Å². The van der Waals surface area contributed by atoms with Crippen molar-refractivity contribution in [3.05, 3.63) is 24.3 Å². The van der Waals surface area contributed by atoms with Crippen LogP contribution in [0.4, 0.5) is 0 Å². The Bertz CT molecular complexity index is 1390. The van der Waals surface area contributed by atoms with Gasteiger partial charge in [-0.05, 0) is 66.0 Å². The van der Waals surface area contributed by atoms with Gasteiger partial charge in [-0.3, -0.25) is 14.4 Å². The molecule has 3 rings (SSSR count). The summed E-state index contributed by atoms with van der Waals surface area (Å²) in [4.78, 5) is 52.5. The minimum Gasteiger partial charge on any atom is -0.462 e. The van der Waals surface area contributed by atoms with E-state index >= 15 is 0 Å². The number of aliphatic hydroxyl groups excluding tert-OH is 3. The number of carbonyl (C=O) groups is 4. The number of carbonyl (C=O) groups excluding carboxylic acids is 4. The fourth-order valence-electron chi connectivity index (χ4n) is 8.06. The zero-order chi connectivity index (χ0) is 43.5. The van der Waals surface area contributed by atoms with Crippen LogP contribution in [0.3, 0.4) is 0 Å². The summed E-state index contributed by atoms with van der Waals surface area (Å²) in [5, 5.41) is 34.2. The monoisotopic (exact) mass is 827 g/mol. The Kier molecular flexibility index (Phi) is 19.4. The molecule has 0 spiro atoms. The molecule has 3 aliphatic heterocycles. The largest absolute Gasteiger partial charge is 0.462 e. The number of aldehydes is 1. The van der Waals surface area contributed by atoms with E-state index in [1.165, 1.54) is 14.0 Å². The number of hydrogen-bond acceptors (Lipinski definition) is 16. The normalized spacial score (nSPS) is 40.7. The second kappa shape index (κ2) is 22.7. The van der Waals surface area contributed by atoms with E-state index in [-0.39, 0.29) is 31.6 Å². The van der Waals surface area contributed by atoms with Gasteiger partial charge in [0.2, 0.25) is 0 Å². The molecule has 3 aliphatic rings. The number of hydrogen-bond donors (Lipinski definition) is 3. The molecule has 16 nitrogen and oxygen atoms in total. The van der Waals surface area contributed by atoms with Crippen molar-refractivity contribution < 1.29 is 72.4 Å². The predicted octanol–water partition coefficient (Wildman–Crippen LogP) is 3.01. The van der Waals surface area contributed by atoms with E-state index in [1.54, 1.807) is 71.0 Å². The van der Waals surface area contributed by atoms with Gasteiger partial charge in [0, 0.05) is 39.7 Å². The molecule has 0 aromatic heterocycles. The van der Waals surface area contributed by atoms with Crippen molar-refractivity contribution in [2.75, 3.05) is 21.2 Å². The van der Waals surface area contributed by atoms with Gasteiger partial charge in [0.15, 0.2) is 12.6 Å². The maximum absolute atomic E-state index is 13.3. The van der Waals surface area contributed by atoms with Gasteiger partial charge in [-0.25, -0.2) is 0 Å². The first-order valence-electron chi connectivity index (χ1n) is 20.4. The lowest BCUT2D eigenvalue weighted by atomic mass is 9.82. The van der Waals surface area contributed by atoms with Crippen LogP contribution < -0.4 is 0 Å². The topological polar surface area (TPSA) is 206 Å². The molecule has 3 heterocycles. The van der Waals surface area contributed by atoms with Gasteiger partial charge in [-0.2, -0.15) is 0 Å². The zero-order valence-electron chi connectivity index (χ0n) is 36.1. The highest BCUT2D eigenvalue weighted by molar-refractivity contribution is 5.72. The number of allylic oxidation sites excluding steroid dienone is 2. The van der Waals surface area contributed by atoms with Crippen LogP contribution >= 0.6 is 0 Å². The van der Waals surface area contributed by atoms with Crippen LogP contribution in [0.1, 0.15) is 93.9 Å². The average Bonchev–Trinajstić information content (AvgIpc) is 3.10. The molecule has 3 N–H and O–H groups in total. The molecule has 16 atom stereocenters. The maximum atomic E-state index is 13.3. The molecule has 0 unspecified atom stereocenters. The van der Waals surface area contributed by atoms with E-state index in [0.717, 1.165) is 0 Å². The van der Waals surface area contributed by atoms with Crippen LogP contribution in [0, 0.1) is 17.8 Å². The first-order valence-corrected chi connectivity index (χ1v) is 20.4. The number of ether oxygens (including phenoxy) is 8. The summed E-state index contributed by atoms with van der Waals surface area (Å²) in [7, 11) is 4.86. The molecule has 0 bridgehead atoms. The Hall–Kier alpha value is -2.80. The second-order valence-electron chi connectivity index (χ2n) is 16.9. The van der Waals surface area contributed by atoms with Crippen LogP contribution in [0.5, 0.6) is 0 Å². The van der Waals surface area contributed by atoms with Crippen molar-refractivity contribution in [1.82, 2.24) is 4.90 Å². The molecule has 16 heteroatoms. The molecular formula is C42H69NO15. The number of aliphatic hydroxyl groups is 3. The van der Waals surface area contributed by atoms with Crippen molar-refractivity contribution in [1.29, 1.82) is 0 Å².